The third-order valence-corrected chi connectivity index (χ3v) is 18.1. The van der Waals surface area contributed by atoms with Gasteiger partial charge in [-0.2, -0.15) is 0 Å². The Morgan fingerprint density at radius 2 is 1.79 bits per heavy atom. The second-order valence-electron chi connectivity index (χ2n) is 16.4. The Kier molecular flexibility index (Phi) is 7.92. The predicted octanol–water partition coefficient (Wildman–Crippen LogP) is 5.34. The zero-order valence-corrected chi connectivity index (χ0v) is 28.2. The zero-order chi connectivity index (χ0) is 31.2. The van der Waals surface area contributed by atoms with Gasteiger partial charge < -0.3 is 24.5 Å². The normalized spacial score (nSPS) is 44.8. The maximum absolute atomic E-state index is 13.4. The van der Waals surface area contributed by atoms with E-state index >= 15 is 0 Å². The second-order valence-corrected chi connectivity index (χ2v) is 21.2. The number of hydrogen-bond acceptors (Lipinski definition) is 7. The average Bonchev–Trinajstić information content (AvgIpc) is 3.24. The van der Waals surface area contributed by atoms with E-state index < -0.39 is 31.5 Å². The summed E-state index contributed by atoms with van der Waals surface area (Å²) in [5, 5.41) is 33.8. The highest BCUT2D eigenvalue weighted by atomic mass is 28.4. The number of ether oxygens (including phenoxy) is 1. The lowest BCUT2D eigenvalue weighted by Gasteiger charge is -2.63. The topological polar surface area (TPSA) is 113 Å². The van der Waals surface area contributed by atoms with Gasteiger partial charge in [0, 0.05) is 6.42 Å². The van der Waals surface area contributed by atoms with Crippen molar-refractivity contribution in [3.8, 4) is 0 Å². The van der Waals surface area contributed by atoms with Crippen LogP contribution in [0.15, 0.2) is 23.3 Å². The van der Waals surface area contributed by atoms with Crippen LogP contribution in [0.3, 0.4) is 0 Å². The molecule has 8 heteroatoms. The summed E-state index contributed by atoms with van der Waals surface area (Å²) in [5.41, 5.74) is -1.38. The van der Waals surface area contributed by atoms with Crippen LogP contribution in [0.4, 0.5) is 0 Å². The lowest BCUT2D eigenvalue weighted by molar-refractivity contribution is -0.258. The van der Waals surface area contributed by atoms with Crippen LogP contribution in [0, 0.1) is 40.4 Å². The Labute approximate surface area is 253 Å². The minimum atomic E-state index is -2.00. The van der Waals surface area contributed by atoms with E-state index in [9.17, 15) is 24.9 Å². The first-order chi connectivity index (χ1) is 19.3. The van der Waals surface area contributed by atoms with Gasteiger partial charge in [-0.3, -0.25) is 4.79 Å². The van der Waals surface area contributed by atoms with Gasteiger partial charge in [0.15, 0.2) is 14.1 Å². The van der Waals surface area contributed by atoms with Crippen LogP contribution in [0.2, 0.25) is 18.1 Å². The number of aliphatic hydroxyl groups excluding tert-OH is 2. The summed E-state index contributed by atoms with van der Waals surface area (Å²) in [4.78, 5) is 26.7. The maximum Gasteiger partial charge on any atom is 0.336 e. The van der Waals surface area contributed by atoms with E-state index in [1.807, 2.05) is 6.92 Å². The Hall–Kier alpha value is -1.32. The molecule has 3 N–H and O–H groups in total. The number of rotatable bonds is 5. The summed E-state index contributed by atoms with van der Waals surface area (Å²) >= 11 is 0. The fourth-order valence-electron chi connectivity index (χ4n) is 9.75. The van der Waals surface area contributed by atoms with Crippen molar-refractivity contribution in [2.45, 2.75) is 129 Å². The molecule has 5 aliphatic rings. The molecule has 0 unspecified atom stereocenters. The van der Waals surface area contributed by atoms with Crippen molar-refractivity contribution in [3.05, 3.63) is 23.3 Å². The highest BCUT2D eigenvalue weighted by molar-refractivity contribution is 6.74. The van der Waals surface area contributed by atoms with Crippen molar-refractivity contribution in [1.29, 1.82) is 0 Å². The number of cyclic esters (lactones) is 1. The molecule has 236 valence electrons. The first-order valence-corrected chi connectivity index (χ1v) is 19.1. The van der Waals surface area contributed by atoms with Crippen LogP contribution in [0.1, 0.15) is 87.0 Å². The molecule has 0 spiro atoms. The summed E-state index contributed by atoms with van der Waals surface area (Å²) in [7, 11) is -2.00. The number of carbonyl (C=O) groups excluding carboxylic acids is 2. The summed E-state index contributed by atoms with van der Waals surface area (Å²) in [6.07, 6.45) is 4.87. The maximum atomic E-state index is 13.4. The Bertz CT molecular complexity index is 1180. The van der Waals surface area contributed by atoms with Crippen LogP contribution in [-0.4, -0.2) is 65.9 Å². The van der Waals surface area contributed by atoms with Crippen molar-refractivity contribution in [2.24, 2.45) is 40.4 Å². The molecule has 0 aromatic heterocycles. The second kappa shape index (κ2) is 10.4. The van der Waals surface area contributed by atoms with E-state index in [0.717, 1.165) is 37.7 Å². The molecule has 0 amide bonds. The molecule has 7 nitrogen and oxygen atoms in total. The first kappa shape index (κ1) is 32.1. The fourth-order valence-corrected chi connectivity index (χ4v) is 10.7. The lowest BCUT2D eigenvalue weighted by Crippen LogP contribution is -2.73. The van der Waals surface area contributed by atoms with Crippen molar-refractivity contribution in [2.75, 3.05) is 6.61 Å². The summed E-state index contributed by atoms with van der Waals surface area (Å²) in [5.74, 6) is 0.339. The summed E-state index contributed by atoms with van der Waals surface area (Å²) in [6, 6.07) is 0. The molecular weight excluding hydrogens is 548 g/mol. The molecule has 0 aromatic rings. The SMILES string of the molecule is CC1=C(CO[Si](C)(C)C(C)(C)C)C(=O)O[C@@H]([C@@H](C)[C@H]2CC[C@H]3[C@@H]4C[C@H](O)[C@]5(O)[C@@H](O)C=CC(=O)[C@]5(C)[C@H]4CC[C@]23C)C1. The number of carbonyl (C=O) groups is 2. The predicted molar refractivity (Wildman–Crippen MR) is 164 cm³/mol. The Morgan fingerprint density at radius 1 is 1.12 bits per heavy atom. The average molecular weight is 603 g/mol. The van der Waals surface area contributed by atoms with Crippen LogP contribution in [0.5, 0.6) is 0 Å². The van der Waals surface area contributed by atoms with Crippen molar-refractivity contribution >= 4 is 20.1 Å². The van der Waals surface area contributed by atoms with Crippen molar-refractivity contribution < 1.29 is 34.1 Å². The molecule has 0 bridgehead atoms. The van der Waals surface area contributed by atoms with Crippen molar-refractivity contribution in [1.82, 2.24) is 0 Å². The molecule has 3 fully saturated rings. The van der Waals surface area contributed by atoms with Gasteiger partial charge in [0.2, 0.25) is 0 Å². The number of hydrogen-bond donors (Lipinski definition) is 3. The van der Waals surface area contributed by atoms with Gasteiger partial charge in [-0.05, 0) is 111 Å². The standard InChI is InChI=1S/C34H54O7Si/c1-19-16-26(41-30(38)22(19)18-40-42(8,9)31(3,4)5)20(2)23-10-11-24-21-17-29(37)34(39)28(36)13-12-27(35)33(34,7)25(21)14-15-32(23,24)6/h12-13,20-21,23-26,28-29,36-37,39H,10-11,14-18H2,1-9H3/t20-,21-,23+,24-,25-,26+,28-,29-,32+,33-,34+/m0/s1. The van der Waals surface area contributed by atoms with Gasteiger partial charge in [0.1, 0.15) is 17.8 Å². The Balaban J connectivity index is 1.34. The summed E-state index contributed by atoms with van der Waals surface area (Å²) in [6.45, 7) is 19.7. The molecule has 3 saturated carbocycles. The van der Waals surface area contributed by atoms with Gasteiger partial charge in [-0.1, -0.05) is 40.2 Å². The molecule has 5 rings (SSSR count). The molecule has 0 radical (unpaired) electrons. The quantitative estimate of drug-likeness (QED) is 0.288. The molecule has 11 atom stereocenters. The van der Waals surface area contributed by atoms with E-state index in [2.05, 4.69) is 47.7 Å². The monoisotopic (exact) mass is 602 g/mol. The summed E-state index contributed by atoms with van der Waals surface area (Å²) < 4.78 is 12.5. The van der Waals surface area contributed by atoms with Gasteiger partial charge in [-0.25, -0.2) is 4.79 Å². The molecule has 4 aliphatic carbocycles. The molecule has 1 aliphatic heterocycles. The van der Waals surface area contributed by atoms with E-state index in [-0.39, 0.29) is 46.1 Å². The Morgan fingerprint density at radius 3 is 2.40 bits per heavy atom. The number of fused-ring (bicyclic) bond motifs is 5. The van der Waals surface area contributed by atoms with E-state index in [4.69, 9.17) is 9.16 Å². The van der Waals surface area contributed by atoms with E-state index in [0.29, 0.717) is 30.4 Å². The van der Waals surface area contributed by atoms with Gasteiger partial charge in [0.05, 0.1) is 23.7 Å². The molecule has 0 saturated heterocycles. The van der Waals surface area contributed by atoms with Crippen LogP contribution < -0.4 is 0 Å². The van der Waals surface area contributed by atoms with Crippen LogP contribution in [0.25, 0.3) is 0 Å². The number of esters is 1. The van der Waals surface area contributed by atoms with Gasteiger partial charge in [-0.15, -0.1) is 0 Å². The molecule has 1 heterocycles. The largest absolute Gasteiger partial charge is 0.458 e. The van der Waals surface area contributed by atoms with Crippen LogP contribution in [-0.2, 0) is 18.8 Å². The third-order valence-electron chi connectivity index (χ3n) is 13.6. The first-order valence-electron chi connectivity index (χ1n) is 16.2. The van der Waals surface area contributed by atoms with Crippen LogP contribution >= 0.6 is 0 Å². The fraction of sp³-hybridized carbons (Fsp3) is 0.824. The molecular formula is C34H54O7Si. The molecule has 42 heavy (non-hydrogen) atoms. The highest BCUT2D eigenvalue weighted by Gasteiger charge is 2.71. The van der Waals surface area contributed by atoms with Crippen molar-refractivity contribution in [3.63, 3.8) is 0 Å². The zero-order valence-electron chi connectivity index (χ0n) is 27.2. The number of ketones is 1. The molecule has 0 aromatic carbocycles. The smallest absolute Gasteiger partial charge is 0.336 e. The minimum absolute atomic E-state index is 0.0198. The lowest BCUT2D eigenvalue weighted by atomic mass is 9.42. The highest BCUT2D eigenvalue weighted by Crippen LogP contribution is 2.68. The van der Waals surface area contributed by atoms with E-state index in [1.165, 1.54) is 12.2 Å². The number of allylic oxidation sites excluding steroid dienone is 1. The number of aliphatic hydroxyl groups is 3. The van der Waals surface area contributed by atoms with Gasteiger partial charge >= 0.3 is 5.97 Å². The third kappa shape index (κ3) is 4.48. The minimum Gasteiger partial charge on any atom is -0.458 e. The van der Waals surface area contributed by atoms with Gasteiger partial charge in [0.25, 0.3) is 0 Å². The van der Waals surface area contributed by atoms with E-state index in [1.54, 1.807) is 6.92 Å².